The predicted octanol–water partition coefficient (Wildman–Crippen LogP) is 5.06. The Bertz CT molecular complexity index is 815. The summed E-state index contributed by atoms with van der Waals surface area (Å²) in [6.45, 7) is 0.570. The zero-order chi connectivity index (χ0) is 19.1. The van der Waals surface area contributed by atoms with Gasteiger partial charge in [-0.05, 0) is 42.5 Å². The Morgan fingerprint density at radius 1 is 1.04 bits per heavy atom. The van der Waals surface area contributed by atoms with Gasteiger partial charge in [0.1, 0.15) is 23.3 Å². The van der Waals surface area contributed by atoms with Crippen LogP contribution in [0.3, 0.4) is 0 Å². The summed E-state index contributed by atoms with van der Waals surface area (Å²) in [5, 5.41) is 10.2. The molecule has 0 heterocycles. The molecule has 4 heteroatoms. The van der Waals surface area contributed by atoms with Crippen LogP contribution in [0.2, 0.25) is 0 Å². The van der Waals surface area contributed by atoms with Crippen molar-refractivity contribution in [2.24, 2.45) is 5.92 Å². The minimum atomic E-state index is -0.314. The first-order valence-electron chi connectivity index (χ1n) is 9.40. The van der Waals surface area contributed by atoms with Crippen LogP contribution in [0.4, 0.5) is 0 Å². The van der Waals surface area contributed by atoms with E-state index < -0.39 is 0 Å². The zero-order valence-electron chi connectivity index (χ0n) is 15.3. The predicted molar refractivity (Wildman–Crippen MR) is 105 cm³/mol. The summed E-state index contributed by atoms with van der Waals surface area (Å²) in [6.07, 6.45) is 9.89. The highest BCUT2D eigenvalue weighted by Gasteiger charge is 2.18. The third-order valence-electron chi connectivity index (χ3n) is 4.95. The van der Waals surface area contributed by atoms with Gasteiger partial charge >= 0.3 is 0 Å². The highest BCUT2D eigenvalue weighted by Crippen LogP contribution is 2.30. The number of aromatic hydroxyl groups is 1. The van der Waals surface area contributed by atoms with E-state index in [1.807, 2.05) is 0 Å². The Morgan fingerprint density at radius 2 is 1.74 bits per heavy atom. The largest absolute Gasteiger partial charge is 0.507 e. The van der Waals surface area contributed by atoms with E-state index in [1.165, 1.54) is 31.4 Å². The molecule has 1 fully saturated rings. The number of carbonyl (C=O) groups excluding carboxylic acids is 2. The van der Waals surface area contributed by atoms with Crippen molar-refractivity contribution >= 4 is 18.1 Å². The molecule has 0 bridgehead atoms. The molecule has 140 valence electrons. The van der Waals surface area contributed by atoms with Gasteiger partial charge in [0.05, 0.1) is 6.61 Å². The first-order chi connectivity index (χ1) is 13.2. The lowest BCUT2D eigenvalue weighted by Crippen LogP contribution is -2.16. The van der Waals surface area contributed by atoms with Crippen molar-refractivity contribution in [2.45, 2.75) is 32.1 Å². The van der Waals surface area contributed by atoms with Crippen LogP contribution in [0.15, 0.2) is 48.5 Å². The van der Waals surface area contributed by atoms with E-state index in [0.717, 1.165) is 24.7 Å². The van der Waals surface area contributed by atoms with E-state index in [4.69, 9.17) is 4.74 Å². The minimum absolute atomic E-state index is 0.0814. The maximum Gasteiger partial charge on any atom is 0.193 e. The molecule has 0 amide bonds. The van der Waals surface area contributed by atoms with Crippen molar-refractivity contribution in [3.05, 3.63) is 65.2 Å². The fourth-order valence-electron chi connectivity index (χ4n) is 3.39. The molecule has 4 nitrogen and oxygen atoms in total. The molecule has 1 N–H and O–H groups in total. The van der Waals surface area contributed by atoms with Gasteiger partial charge in [-0.1, -0.05) is 55.7 Å². The Balaban J connectivity index is 1.72. The van der Waals surface area contributed by atoms with Crippen LogP contribution in [0, 0.1) is 5.92 Å². The highest BCUT2D eigenvalue weighted by atomic mass is 16.5. The van der Waals surface area contributed by atoms with Crippen LogP contribution >= 0.6 is 0 Å². The number of rotatable bonds is 7. The van der Waals surface area contributed by atoms with Crippen molar-refractivity contribution in [3.63, 3.8) is 0 Å². The van der Waals surface area contributed by atoms with Crippen molar-refractivity contribution in [1.82, 2.24) is 0 Å². The summed E-state index contributed by atoms with van der Waals surface area (Å²) in [6, 6.07) is 11.8. The Morgan fingerprint density at radius 3 is 2.44 bits per heavy atom. The number of allylic oxidation sites excluding steroid dienone is 1. The van der Waals surface area contributed by atoms with Gasteiger partial charge < -0.3 is 9.84 Å². The first kappa shape index (κ1) is 18.9. The smallest absolute Gasteiger partial charge is 0.193 e. The first-order valence-corrected chi connectivity index (χ1v) is 9.40. The monoisotopic (exact) mass is 364 g/mol. The lowest BCUT2D eigenvalue weighted by atomic mass is 9.90. The van der Waals surface area contributed by atoms with E-state index in [0.29, 0.717) is 23.8 Å². The molecule has 0 atom stereocenters. The summed E-state index contributed by atoms with van der Waals surface area (Å²) in [4.78, 5) is 23.4. The SMILES string of the molecule is O=Cc1ccc(/C=C/C(=O)c2c(O)cccc2OCC2CCCCC2)cc1. The van der Waals surface area contributed by atoms with Crippen LogP contribution in [0.25, 0.3) is 6.08 Å². The number of hydrogen-bond donors (Lipinski definition) is 1. The molecular weight excluding hydrogens is 340 g/mol. The molecule has 1 aliphatic rings. The van der Waals surface area contributed by atoms with Crippen LogP contribution in [-0.2, 0) is 0 Å². The van der Waals surface area contributed by atoms with Gasteiger partial charge in [-0.2, -0.15) is 0 Å². The fraction of sp³-hybridized carbons (Fsp3) is 0.304. The molecule has 0 radical (unpaired) electrons. The fourth-order valence-corrected chi connectivity index (χ4v) is 3.39. The summed E-state index contributed by atoms with van der Waals surface area (Å²) in [5.41, 5.74) is 1.57. The minimum Gasteiger partial charge on any atom is -0.507 e. The Kier molecular flexibility index (Phi) is 6.42. The maximum absolute atomic E-state index is 12.7. The quantitative estimate of drug-likeness (QED) is 0.424. The third-order valence-corrected chi connectivity index (χ3v) is 4.95. The van der Waals surface area contributed by atoms with Gasteiger partial charge in [-0.3, -0.25) is 9.59 Å². The van der Waals surface area contributed by atoms with E-state index in [-0.39, 0.29) is 17.1 Å². The topological polar surface area (TPSA) is 63.6 Å². The Hall–Kier alpha value is -2.88. The molecule has 1 aliphatic carbocycles. The van der Waals surface area contributed by atoms with Crippen molar-refractivity contribution in [2.75, 3.05) is 6.61 Å². The summed E-state index contributed by atoms with van der Waals surface area (Å²) in [7, 11) is 0. The lowest BCUT2D eigenvalue weighted by Gasteiger charge is -2.22. The number of carbonyl (C=O) groups is 2. The number of phenols is 1. The molecule has 2 aromatic rings. The van der Waals surface area contributed by atoms with E-state index in [1.54, 1.807) is 42.5 Å². The molecule has 0 aromatic heterocycles. The highest BCUT2D eigenvalue weighted by molar-refractivity contribution is 6.10. The molecular formula is C23H24O4. The van der Waals surface area contributed by atoms with Crippen LogP contribution < -0.4 is 4.74 Å². The van der Waals surface area contributed by atoms with Gasteiger partial charge in [0.25, 0.3) is 0 Å². The standard InChI is InChI=1S/C23H24O4/c24-15-18-11-9-17(10-12-18)13-14-21(26)23-20(25)7-4-8-22(23)27-16-19-5-2-1-3-6-19/h4,7-15,19,25H,1-3,5-6,16H2/b14-13+. The lowest BCUT2D eigenvalue weighted by molar-refractivity contribution is 0.103. The number of ether oxygens (including phenoxy) is 1. The molecule has 0 unspecified atom stereocenters. The number of phenolic OH excluding ortho intramolecular Hbond substituents is 1. The molecule has 27 heavy (non-hydrogen) atoms. The number of ketones is 1. The number of aldehydes is 1. The second-order valence-electron chi connectivity index (χ2n) is 6.95. The molecule has 0 aliphatic heterocycles. The average molecular weight is 364 g/mol. The van der Waals surface area contributed by atoms with Crippen LogP contribution in [0.1, 0.15) is 58.4 Å². The molecule has 3 rings (SSSR count). The van der Waals surface area contributed by atoms with Gasteiger partial charge in [0.2, 0.25) is 0 Å². The summed E-state index contributed by atoms with van der Waals surface area (Å²) < 4.78 is 5.91. The van der Waals surface area contributed by atoms with Gasteiger partial charge in [0.15, 0.2) is 5.78 Å². The normalized spacial score (nSPS) is 15.0. The summed E-state index contributed by atoms with van der Waals surface area (Å²) >= 11 is 0. The van der Waals surface area contributed by atoms with Crippen molar-refractivity contribution in [3.8, 4) is 11.5 Å². The van der Waals surface area contributed by atoms with Crippen molar-refractivity contribution in [1.29, 1.82) is 0 Å². The molecule has 0 saturated heterocycles. The van der Waals surface area contributed by atoms with Gasteiger partial charge in [-0.15, -0.1) is 0 Å². The second-order valence-corrected chi connectivity index (χ2v) is 6.95. The number of hydrogen-bond acceptors (Lipinski definition) is 4. The van der Waals surface area contributed by atoms with Gasteiger partial charge in [0, 0.05) is 5.56 Å². The van der Waals surface area contributed by atoms with E-state index in [2.05, 4.69) is 0 Å². The average Bonchev–Trinajstić information content (AvgIpc) is 2.71. The molecule has 1 saturated carbocycles. The Labute approximate surface area is 159 Å². The van der Waals surface area contributed by atoms with E-state index >= 15 is 0 Å². The third kappa shape index (κ3) is 5.07. The van der Waals surface area contributed by atoms with E-state index in [9.17, 15) is 14.7 Å². The van der Waals surface area contributed by atoms with Crippen molar-refractivity contribution < 1.29 is 19.4 Å². The summed E-state index contributed by atoms with van der Waals surface area (Å²) in [5.74, 6) is 0.538. The second kappa shape index (κ2) is 9.17. The zero-order valence-corrected chi connectivity index (χ0v) is 15.3. The molecule has 2 aromatic carbocycles. The van der Waals surface area contributed by atoms with Gasteiger partial charge in [-0.25, -0.2) is 0 Å². The number of benzene rings is 2. The van der Waals surface area contributed by atoms with Crippen LogP contribution in [-0.4, -0.2) is 23.8 Å². The molecule has 0 spiro atoms. The maximum atomic E-state index is 12.7. The van der Waals surface area contributed by atoms with Crippen LogP contribution in [0.5, 0.6) is 11.5 Å².